The van der Waals surface area contributed by atoms with Gasteiger partial charge in [0.05, 0.1) is 0 Å². The predicted octanol–water partition coefficient (Wildman–Crippen LogP) is 4.68. The SMILES string of the molecule is Cc1c(Cl)cccc1C(N)Cc1ccc(Cl)cc1F. The molecule has 0 bridgehead atoms. The van der Waals surface area contributed by atoms with Crippen molar-refractivity contribution in [3.05, 3.63) is 69.0 Å². The Morgan fingerprint density at radius 2 is 1.95 bits per heavy atom. The minimum Gasteiger partial charge on any atom is -0.324 e. The summed E-state index contributed by atoms with van der Waals surface area (Å²) in [6, 6.07) is 9.91. The van der Waals surface area contributed by atoms with Crippen LogP contribution in [0.5, 0.6) is 0 Å². The molecule has 4 heteroatoms. The van der Waals surface area contributed by atoms with Gasteiger partial charge in [-0.3, -0.25) is 0 Å². The number of hydrogen-bond donors (Lipinski definition) is 1. The maximum Gasteiger partial charge on any atom is 0.127 e. The van der Waals surface area contributed by atoms with Gasteiger partial charge in [0, 0.05) is 16.1 Å². The summed E-state index contributed by atoms with van der Waals surface area (Å²) in [7, 11) is 0. The summed E-state index contributed by atoms with van der Waals surface area (Å²) in [5, 5.41) is 1.05. The summed E-state index contributed by atoms with van der Waals surface area (Å²) in [6.07, 6.45) is 0.407. The summed E-state index contributed by atoms with van der Waals surface area (Å²) < 4.78 is 13.7. The molecule has 2 aromatic rings. The van der Waals surface area contributed by atoms with Crippen molar-refractivity contribution in [3.8, 4) is 0 Å². The van der Waals surface area contributed by atoms with E-state index in [1.165, 1.54) is 6.07 Å². The van der Waals surface area contributed by atoms with Crippen LogP contribution in [-0.4, -0.2) is 0 Å². The van der Waals surface area contributed by atoms with E-state index in [4.69, 9.17) is 28.9 Å². The zero-order valence-electron chi connectivity index (χ0n) is 10.5. The molecule has 0 aromatic heterocycles. The van der Waals surface area contributed by atoms with E-state index in [0.717, 1.165) is 11.1 Å². The van der Waals surface area contributed by atoms with E-state index in [1.807, 2.05) is 25.1 Å². The zero-order chi connectivity index (χ0) is 14.0. The van der Waals surface area contributed by atoms with Gasteiger partial charge >= 0.3 is 0 Å². The molecule has 1 atom stereocenters. The standard InChI is InChI=1S/C15H14Cl2FN/c1-9-12(3-2-4-13(9)17)15(19)7-10-5-6-11(16)8-14(10)18/h2-6,8,15H,7,19H2,1H3. The highest BCUT2D eigenvalue weighted by molar-refractivity contribution is 6.31. The lowest BCUT2D eigenvalue weighted by Gasteiger charge is -2.16. The Labute approximate surface area is 122 Å². The van der Waals surface area contributed by atoms with Crippen LogP contribution < -0.4 is 5.73 Å². The molecule has 0 aliphatic heterocycles. The lowest BCUT2D eigenvalue weighted by molar-refractivity contribution is 0.593. The second-order valence-corrected chi connectivity index (χ2v) is 5.34. The number of halogens is 3. The van der Waals surface area contributed by atoms with Crippen molar-refractivity contribution in [2.75, 3.05) is 0 Å². The number of benzene rings is 2. The van der Waals surface area contributed by atoms with Gasteiger partial charge in [0.1, 0.15) is 5.82 Å². The third-order valence-electron chi connectivity index (χ3n) is 3.16. The molecular formula is C15H14Cl2FN. The van der Waals surface area contributed by atoms with Crippen LogP contribution in [-0.2, 0) is 6.42 Å². The van der Waals surface area contributed by atoms with Crippen LogP contribution in [0.3, 0.4) is 0 Å². The molecule has 0 saturated heterocycles. The predicted molar refractivity (Wildman–Crippen MR) is 78.2 cm³/mol. The van der Waals surface area contributed by atoms with Crippen LogP contribution in [0, 0.1) is 12.7 Å². The lowest BCUT2D eigenvalue weighted by atomic mass is 9.96. The Hall–Kier alpha value is -1.09. The highest BCUT2D eigenvalue weighted by Crippen LogP contribution is 2.26. The van der Waals surface area contributed by atoms with E-state index in [1.54, 1.807) is 12.1 Å². The van der Waals surface area contributed by atoms with Gasteiger partial charge < -0.3 is 5.73 Å². The van der Waals surface area contributed by atoms with Crippen molar-refractivity contribution >= 4 is 23.2 Å². The van der Waals surface area contributed by atoms with Gasteiger partial charge in [0.15, 0.2) is 0 Å². The molecular weight excluding hydrogens is 284 g/mol. The molecule has 2 N–H and O–H groups in total. The van der Waals surface area contributed by atoms with Gasteiger partial charge in [0.2, 0.25) is 0 Å². The zero-order valence-corrected chi connectivity index (χ0v) is 12.0. The van der Waals surface area contributed by atoms with Crippen LogP contribution >= 0.6 is 23.2 Å². The van der Waals surface area contributed by atoms with Crippen molar-refractivity contribution < 1.29 is 4.39 Å². The van der Waals surface area contributed by atoms with Gasteiger partial charge in [-0.2, -0.15) is 0 Å². The van der Waals surface area contributed by atoms with E-state index in [0.29, 0.717) is 22.0 Å². The molecule has 100 valence electrons. The summed E-state index contributed by atoms with van der Waals surface area (Å²) in [4.78, 5) is 0. The van der Waals surface area contributed by atoms with Crippen molar-refractivity contribution in [3.63, 3.8) is 0 Å². The van der Waals surface area contributed by atoms with Gasteiger partial charge in [-0.05, 0) is 48.2 Å². The summed E-state index contributed by atoms with van der Waals surface area (Å²) in [5.41, 5.74) is 8.57. The Morgan fingerprint density at radius 3 is 2.63 bits per heavy atom. The maximum atomic E-state index is 13.7. The molecule has 2 rings (SSSR count). The summed E-state index contributed by atoms with van der Waals surface area (Å²) in [5.74, 6) is -0.331. The van der Waals surface area contributed by atoms with Crippen molar-refractivity contribution in [1.29, 1.82) is 0 Å². The third-order valence-corrected chi connectivity index (χ3v) is 3.81. The topological polar surface area (TPSA) is 26.0 Å². The quantitative estimate of drug-likeness (QED) is 0.874. The number of rotatable bonds is 3. The van der Waals surface area contributed by atoms with Crippen molar-refractivity contribution in [2.45, 2.75) is 19.4 Å². The largest absolute Gasteiger partial charge is 0.324 e. The Kier molecular flexibility index (Phi) is 4.46. The fraction of sp³-hybridized carbons (Fsp3) is 0.200. The van der Waals surface area contributed by atoms with Crippen molar-refractivity contribution in [2.24, 2.45) is 5.73 Å². The highest BCUT2D eigenvalue weighted by atomic mass is 35.5. The average molecular weight is 298 g/mol. The third kappa shape index (κ3) is 3.27. The molecule has 19 heavy (non-hydrogen) atoms. The second kappa shape index (κ2) is 5.91. The Balaban J connectivity index is 2.25. The fourth-order valence-corrected chi connectivity index (χ4v) is 2.40. The second-order valence-electron chi connectivity index (χ2n) is 4.50. The molecule has 0 fully saturated rings. The average Bonchev–Trinajstić information content (AvgIpc) is 2.36. The number of hydrogen-bond acceptors (Lipinski definition) is 1. The molecule has 0 aliphatic rings. The highest BCUT2D eigenvalue weighted by Gasteiger charge is 2.13. The monoisotopic (exact) mass is 297 g/mol. The Bertz CT molecular complexity index is 599. The minimum atomic E-state index is -0.331. The molecule has 0 aliphatic carbocycles. The van der Waals surface area contributed by atoms with Crippen LogP contribution in [0.15, 0.2) is 36.4 Å². The molecule has 0 radical (unpaired) electrons. The molecule has 1 nitrogen and oxygen atoms in total. The van der Waals surface area contributed by atoms with E-state index in [-0.39, 0.29) is 11.9 Å². The Morgan fingerprint density at radius 1 is 1.21 bits per heavy atom. The molecule has 1 unspecified atom stereocenters. The molecule has 0 spiro atoms. The first-order chi connectivity index (χ1) is 8.99. The van der Waals surface area contributed by atoms with E-state index < -0.39 is 0 Å². The number of nitrogens with two attached hydrogens (primary N) is 1. The first-order valence-electron chi connectivity index (χ1n) is 5.93. The normalized spacial score (nSPS) is 12.5. The fourth-order valence-electron chi connectivity index (χ4n) is 2.06. The van der Waals surface area contributed by atoms with E-state index >= 15 is 0 Å². The van der Waals surface area contributed by atoms with E-state index in [2.05, 4.69) is 0 Å². The summed E-state index contributed by atoms with van der Waals surface area (Å²) in [6.45, 7) is 1.91. The van der Waals surface area contributed by atoms with Crippen molar-refractivity contribution in [1.82, 2.24) is 0 Å². The van der Waals surface area contributed by atoms with Gasteiger partial charge in [-0.25, -0.2) is 4.39 Å². The first kappa shape index (κ1) is 14.3. The van der Waals surface area contributed by atoms with E-state index in [9.17, 15) is 4.39 Å². The smallest absolute Gasteiger partial charge is 0.127 e. The minimum absolute atomic E-state index is 0.297. The van der Waals surface area contributed by atoms with Gasteiger partial charge in [-0.15, -0.1) is 0 Å². The van der Waals surface area contributed by atoms with Crippen LogP contribution in [0.1, 0.15) is 22.7 Å². The van der Waals surface area contributed by atoms with Crippen LogP contribution in [0.2, 0.25) is 10.0 Å². The first-order valence-corrected chi connectivity index (χ1v) is 6.69. The van der Waals surface area contributed by atoms with Crippen LogP contribution in [0.25, 0.3) is 0 Å². The summed E-state index contributed by atoms with van der Waals surface area (Å²) >= 11 is 11.8. The molecule has 0 saturated carbocycles. The molecule has 2 aromatic carbocycles. The van der Waals surface area contributed by atoms with Crippen LogP contribution in [0.4, 0.5) is 4.39 Å². The molecule has 0 amide bonds. The maximum absolute atomic E-state index is 13.7. The lowest BCUT2D eigenvalue weighted by Crippen LogP contribution is -2.15. The van der Waals surface area contributed by atoms with Gasteiger partial charge in [0.25, 0.3) is 0 Å². The van der Waals surface area contributed by atoms with Gasteiger partial charge in [-0.1, -0.05) is 41.4 Å². The molecule has 0 heterocycles.